The van der Waals surface area contributed by atoms with E-state index in [1.807, 2.05) is 25.1 Å². The van der Waals surface area contributed by atoms with Crippen molar-refractivity contribution in [1.82, 2.24) is 14.9 Å². The maximum atomic E-state index is 12.7. The molecular formula is C19H18BrClN4O2. The molecule has 1 amide bonds. The molecule has 1 aliphatic rings. The number of aromatic nitrogens is 2. The van der Waals surface area contributed by atoms with Crippen molar-refractivity contribution in [2.45, 2.75) is 19.8 Å². The lowest BCUT2D eigenvalue weighted by molar-refractivity contribution is 0.0270. The van der Waals surface area contributed by atoms with Gasteiger partial charge in [-0.2, -0.15) is 0 Å². The summed E-state index contributed by atoms with van der Waals surface area (Å²) in [4.78, 5) is 22.4. The van der Waals surface area contributed by atoms with Crippen molar-refractivity contribution in [3.8, 4) is 0 Å². The number of pyridine rings is 1. The molecule has 0 bridgehead atoms. The number of nitrogens with one attached hydrogen (secondary N) is 2. The minimum absolute atomic E-state index is 0.356. The van der Waals surface area contributed by atoms with E-state index in [-0.39, 0.29) is 5.91 Å². The van der Waals surface area contributed by atoms with Gasteiger partial charge in [-0.05, 0) is 49.4 Å². The van der Waals surface area contributed by atoms with Gasteiger partial charge in [0.05, 0.1) is 17.9 Å². The van der Waals surface area contributed by atoms with E-state index in [9.17, 15) is 4.79 Å². The van der Waals surface area contributed by atoms with Crippen molar-refractivity contribution in [1.29, 1.82) is 0 Å². The highest BCUT2D eigenvalue weighted by molar-refractivity contribution is 9.10. The van der Waals surface area contributed by atoms with E-state index in [4.69, 9.17) is 16.4 Å². The first-order valence-corrected chi connectivity index (χ1v) is 9.80. The number of imidazole rings is 1. The number of carbonyl (C=O) groups is 1. The van der Waals surface area contributed by atoms with E-state index in [1.54, 1.807) is 23.0 Å². The molecule has 0 spiro atoms. The van der Waals surface area contributed by atoms with Crippen LogP contribution in [0.3, 0.4) is 0 Å². The van der Waals surface area contributed by atoms with Gasteiger partial charge in [0.15, 0.2) is 5.65 Å². The van der Waals surface area contributed by atoms with Gasteiger partial charge in [0, 0.05) is 28.8 Å². The molecule has 6 nitrogen and oxygen atoms in total. The second-order valence-electron chi connectivity index (χ2n) is 6.66. The third kappa shape index (κ3) is 3.95. The molecule has 1 fully saturated rings. The molecule has 2 N–H and O–H groups in total. The third-order valence-electron chi connectivity index (χ3n) is 4.50. The van der Waals surface area contributed by atoms with Gasteiger partial charge in [-0.25, -0.2) is 10.5 Å². The Labute approximate surface area is 170 Å². The molecule has 140 valence electrons. The third-order valence-corrected chi connectivity index (χ3v) is 5.35. The predicted molar refractivity (Wildman–Crippen MR) is 109 cm³/mol. The monoisotopic (exact) mass is 448 g/mol. The quantitative estimate of drug-likeness (QED) is 0.527. The van der Waals surface area contributed by atoms with Crippen molar-refractivity contribution in [2.75, 3.05) is 11.9 Å². The lowest BCUT2D eigenvalue weighted by Gasteiger charge is -2.16. The van der Waals surface area contributed by atoms with Gasteiger partial charge in [0.2, 0.25) is 0 Å². The molecule has 0 unspecified atom stereocenters. The summed E-state index contributed by atoms with van der Waals surface area (Å²) < 4.78 is 2.70. The van der Waals surface area contributed by atoms with E-state index >= 15 is 0 Å². The van der Waals surface area contributed by atoms with Crippen LogP contribution in [0.5, 0.6) is 0 Å². The molecule has 0 atom stereocenters. The molecule has 27 heavy (non-hydrogen) atoms. The number of amides is 1. The van der Waals surface area contributed by atoms with Crippen LogP contribution in [0.4, 0.5) is 11.4 Å². The highest BCUT2D eigenvalue weighted by Crippen LogP contribution is 2.34. The normalized spacial score (nSPS) is 13.7. The Morgan fingerprint density at radius 1 is 1.44 bits per heavy atom. The first-order chi connectivity index (χ1) is 13.0. The number of nitrogens with zero attached hydrogens (tertiary/aromatic N) is 2. The van der Waals surface area contributed by atoms with Crippen molar-refractivity contribution >= 4 is 50.5 Å². The van der Waals surface area contributed by atoms with Crippen molar-refractivity contribution < 1.29 is 9.63 Å². The highest BCUT2D eigenvalue weighted by Gasteiger charge is 2.23. The molecule has 8 heteroatoms. The van der Waals surface area contributed by atoms with Gasteiger partial charge >= 0.3 is 0 Å². The number of halogens is 2. The van der Waals surface area contributed by atoms with Gasteiger partial charge in [-0.15, -0.1) is 0 Å². The first-order valence-electron chi connectivity index (χ1n) is 8.63. The smallest absolute Gasteiger partial charge is 0.278 e. The number of hydrogen-bond donors (Lipinski definition) is 2. The fourth-order valence-corrected chi connectivity index (χ4v) is 3.55. The van der Waals surface area contributed by atoms with Crippen LogP contribution in [-0.4, -0.2) is 21.9 Å². The Kier molecular flexibility index (Phi) is 5.08. The number of aryl methyl sites for hydroxylation is 1. The van der Waals surface area contributed by atoms with Crippen LogP contribution in [-0.2, 0) is 4.84 Å². The summed E-state index contributed by atoms with van der Waals surface area (Å²) in [5.41, 5.74) is 5.84. The van der Waals surface area contributed by atoms with Crippen molar-refractivity contribution in [2.24, 2.45) is 5.92 Å². The summed E-state index contributed by atoms with van der Waals surface area (Å²) in [6, 6.07) is 5.84. The number of fused-ring (bicyclic) bond motifs is 1. The van der Waals surface area contributed by atoms with Gasteiger partial charge in [0.25, 0.3) is 5.91 Å². The Bertz CT molecular complexity index is 1020. The van der Waals surface area contributed by atoms with Crippen LogP contribution in [0.2, 0.25) is 5.02 Å². The summed E-state index contributed by atoms with van der Waals surface area (Å²) >= 11 is 10.0. The first kappa shape index (κ1) is 18.3. The molecule has 1 saturated carbocycles. The fraction of sp³-hybridized carbons (Fsp3) is 0.263. The summed E-state index contributed by atoms with van der Waals surface area (Å²) in [6.45, 7) is 2.51. The molecule has 4 rings (SSSR count). The molecule has 3 aromatic rings. The zero-order chi connectivity index (χ0) is 19.0. The second-order valence-corrected chi connectivity index (χ2v) is 7.95. The van der Waals surface area contributed by atoms with Gasteiger partial charge < -0.3 is 9.72 Å². The van der Waals surface area contributed by atoms with Crippen molar-refractivity contribution in [3.63, 3.8) is 0 Å². The van der Waals surface area contributed by atoms with Crippen LogP contribution in [0.25, 0.3) is 5.65 Å². The highest BCUT2D eigenvalue weighted by atomic mass is 79.9. The average Bonchev–Trinajstić information content (AvgIpc) is 3.33. The van der Waals surface area contributed by atoms with E-state index in [0.29, 0.717) is 34.4 Å². The minimum atomic E-state index is -0.356. The Hall–Kier alpha value is -2.09. The zero-order valence-electron chi connectivity index (χ0n) is 14.6. The SMILES string of the molecule is Cc1cc(Br)ccc1Nc1c(C(=O)NOCC2CC2)cn2ccnc2c1Cl. The zero-order valence-corrected chi connectivity index (χ0v) is 17.0. The lowest BCUT2D eigenvalue weighted by atomic mass is 10.1. The minimum Gasteiger partial charge on any atom is -0.353 e. The number of hydrogen-bond acceptors (Lipinski definition) is 4. The topological polar surface area (TPSA) is 67.7 Å². The Morgan fingerprint density at radius 2 is 2.26 bits per heavy atom. The lowest BCUT2D eigenvalue weighted by Crippen LogP contribution is -2.26. The average molecular weight is 450 g/mol. The van der Waals surface area contributed by atoms with Crippen LogP contribution in [0.1, 0.15) is 28.8 Å². The molecule has 1 aromatic carbocycles. The van der Waals surface area contributed by atoms with Crippen LogP contribution >= 0.6 is 27.5 Å². The van der Waals surface area contributed by atoms with E-state index in [0.717, 1.165) is 28.6 Å². The van der Waals surface area contributed by atoms with Gasteiger partial charge in [-0.3, -0.25) is 9.63 Å². The molecule has 0 aliphatic heterocycles. The van der Waals surface area contributed by atoms with Crippen LogP contribution < -0.4 is 10.8 Å². The number of carbonyl (C=O) groups excluding carboxylic acids is 1. The van der Waals surface area contributed by atoms with Gasteiger partial charge in [0.1, 0.15) is 5.02 Å². The number of benzene rings is 1. The second kappa shape index (κ2) is 7.50. The Balaban J connectivity index is 1.69. The van der Waals surface area contributed by atoms with E-state index in [2.05, 4.69) is 31.7 Å². The molecule has 2 aromatic heterocycles. The number of hydroxylamine groups is 1. The van der Waals surface area contributed by atoms with Gasteiger partial charge in [-0.1, -0.05) is 27.5 Å². The van der Waals surface area contributed by atoms with E-state index < -0.39 is 0 Å². The summed E-state index contributed by atoms with van der Waals surface area (Å²) in [5, 5.41) is 3.66. The van der Waals surface area contributed by atoms with Crippen LogP contribution in [0, 0.1) is 12.8 Å². The largest absolute Gasteiger partial charge is 0.353 e. The molecular weight excluding hydrogens is 432 g/mol. The summed E-state index contributed by atoms with van der Waals surface area (Å²) in [5.74, 6) is 0.193. The van der Waals surface area contributed by atoms with Crippen LogP contribution in [0.15, 0.2) is 41.3 Å². The standard InChI is InChI=1S/C19H18BrClN4O2/c1-11-8-13(20)4-5-15(11)23-17-14(19(26)24-27-10-12-2-3-12)9-25-7-6-22-18(25)16(17)21/h4-9,12,23H,2-3,10H2,1H3,(H,24,26). The summed E-state index contributed by atoms with van der Waals surface area (Å²) in [7, 11) is 0. The molecule has 2 heterocycles. The maximum Gasteiger partial charge on any atom is 0.278 e. The predicted octanol–water partition coefficient (Wildman–Crippen LogP) is 4.87. The number of rotatable bonds is 6. The summed E-state index contributed by atoms with van der Waals surface area (Å²) in [6.07, 6.45) is 7.39. The Morgan fingerprint density at radius 3 is 3.00 bits per heavy atom. The number of anilines is 2. The maximum absolute atomic E-state index is 12.7. The fourth-order valence-electron chi connectivity index (χ4n) is 2.78. The molecule has 1 aliphatic carbocycles. The van der Waals surface area contributed by atoms with E-state index in [1.165, 1.54) is 0 Å². The van der Waals surface area contributed by atoms with Crippen molar-refractivity contribution in [3.05, 3.63) is 57.4 Å². The molecule has 0 saturated heterocycles. The molecule has 0 radical (unpaired) electrons.